The highest BCUT2D eigenvalue weighted by atomic mass is 35.5. The predicted molar refractivity (Wildman–Crippen MR) is 95.4 cm³/mol. The number of halogens is 1. The Bertz CT molecular complexity index is 769. The van der Waals surface area contributed by atoms with E-state index in [4.69, 9.17) is 16.3 Å². The van der Waals surface area contributed by atoms with Gasteiger partial charge < -0.3 is 9.64 Å². The van der Waals surface area contributed by atoms with Gasteiger partial charge in [0.05, 0.1) is 0 Å². The van der Waals surface area contributed by atoms with Gasteiger partial charge in [-0.3, -0.25) is 9.59 Å². The van der Waals surface area contributed by atoms with Crippen LogP contribution in [0.25, 0.3) is 6.08 Å². The molecule has 1 amide bonds. The van der Waals surface area contributed by atoms with Crippen LogP contribution in [-0.4, -0.2) is 37.3 Å². The number of allylic oxidation sites excluding steroid dienone is 1. The summed E-state index contributed by atoms with van der Waals surface area (Å²) < 4.78 is 5.41. The largest absolute Gasteiger partial charge is 0.484 e. The summed E-state index contributed by atoms with van der Waals surface area (Å²) in [6, 6.07) is 14.0. The molecule has 2 rings (SSSR count). The highest BCUT2D eigenvalue weighted by molar-refractivity contribution is 6.30. The monoisotopic (exact) mass is 343 g/mol. The van der Waals surface area contributed by atoms with Crippen molar-refractivity contribution in [2.75, 3.05) is 20.7 Å². The van der Waals surface area contributed by atoms with E-state index in [-0.39, 0.29) is 18.3 Å². The van der Waals surface area contributed by atoms with E-state index in [9.17, 15) is 9.59 Å². The topological polar surface area (TPSA) is 46.6 Å². The van der Waals surface area contributed by atoms with Gasteiger partial charge in [0.1, 0.15) is 5.75 Å². The second-order valence-electron chi connectivity index (χ2n) is 5.36. The van der Waals surface area contributed by atoms with E-state index in [1.165, 1.54) is 11.0 Å². The number of hydrogen-bond donors (Lipinski definition) is 0. The van der Waals surface area contributed by atoms with Crippen molar-refractivity contribution in [3.63, 3.8) is 0 Å². The number of ketones is 1. The predicted octanol–water partition coefficient (Wildman–Crippen LogP) is 3.70. The lowest BCUT2D eigenvalue weighted by Gasteiger charge is -2.11. The average Bonchev–Trinajstić information content (AvgIpc) is 2.57. The number of hydrogen-bond acceptors (Lipinski definition) is 3. The van der Waals surface area contributed by atoms with Gasteiger partial charge in [-0.2, -0.15) is 0 Å². The van der Waals surface area contributed by atoms with Crippen molar-refractivity contribution in [1.29, 1.82) is 0 Å². The summed E-state index contributed by atoms with van der Waals surface area (Å²) in [6.45, 7) is -0.0665. The third-order valence-corrected chi connectivity index (χ3v) is 3.49. The van der Waals surface area contributed by atoms with E-state index in [0.717, 1.165) is 5.56 Å². The molecule has 24 heavy (non-hydrogen) atoms. The first-order chi connectivity index (χ1) is 11.5. The second kappa shape index (κ2) is 8.31. The minimum atomic E-state index is -0.153. The molecule has 0 aliphatic carbocycles. The van der Waals surface area contributed by atoms with Crippen LogP contribution >= 0.6 is 11.6 Å². The number of nitrogens with zero attached hydrogens (tertiary/aromatic N) is 1. The number of carbonyl (C=O) groups is 2. The molecule has 0 fully saturated rings. The summed E-state index contributed by atoms with van der Waals surface area (Å²) in [7, 11) is 3.32. The fraction of sp³-hybridized carbons (Fsp3) is 0.158. The molecular weight excluding hydrogens is 326 g/mol. The van der Waals surface area contributed by atoms with E-state index in [1.54, 1.807) is 56.6 Å². The molecule has 0 saturated carbocycles. The molecule has 5 heteroatoms. The van der Waals surface area contributed by atoms with Gasteiger partial charge in [0, 0.05) is 24.7 Å². The molecule has 0 radical (unpaired) electrons. The van der Waals surface area contributed by atoms with Crippen LogP contribution in [0.15, 0.2) is 54.6 Å². The molecule has 0 N–H and O–H groups in total. The van der Waals surface area contributed by atoms with Crippen molar-refractivity contribution >= 4 is 29.4 Å². The fourth-order valence-corrected chi connectivity index (χ4v) is 2.09. The molecule has 0 aliphatic heterocycles. The first kappa shape index (κ1) is 17.8. The van der Waals surface area contributed by atoms with E-state index in [0.29, 0.717) is 16.3 Å². The molecule has 2 aromatic carbocycles. The summed E-state index contributed by atoms with van der Waals surface area (Å²) in [4.78, 5) is 25.2. The molecule has 4 nitrogen and oxygen atoms in total. The molecule has 0 saturated heterocycles. The Labute approximate surface area is 146 Å². The van der Waals surface area contributed by atoms with Crippen molar-refractivity contribution in [3.8, 4) is 5.75 Å². The molecule has 0 unspecified atom stereocenters. The average molecular weight is 344 g/mol. The van der Waals surface area contributed by atoms with E-state index < -0.39 is 0 Å². The molecular formula is C19H18ClNO3. The van der Waals surface area contributed by atoms with Gasteiger partial charge in [-0.15, -0.1) is 0 Å². The van der Waals surface area contributed by atoms with Crippen LogP contribution in [0.2, 0.25) is 5.02 Å². The number of carbonyl (C=O) groups excluding carboxylic acids is 2. The Balaban J connectivity index is 2.04. The van der Waals surface area contributed by atoms with Gasteiger partial charge in [0.15, 0.2) is 12.4 Å². The van der Waals surface area contributed by atoms with Crippen molar-refractivity contribution < 1.29 is 14.3 Å². The van der Waals surface area contributed by atoms with Gasteiger partial charge in [-0.1, -0.05) is 41.9 Å². The Morgan fingerprint density at radius 3 is 2.58 bits per heavy atom. The Morgan fingerprint density at radius 1 is 1.12 bits per heavy atom. The summed E-state index contributed by atoms with van der Waals surface area (Å²) in [6.07, 6.45) is 3.19. The summed E-state index contributed by atoms with van der Waals surface area (Å²) >= 11 is 5.91. The van der Waals surface area contributed by atoms with Crippen molar-refractivity contribution in [2.45, 2.75) is 0 Å². The van der Waals surface area contributed by atoms with E-state index in [1.807, 2.05) is 12.1 Å². The Hall–Kier alpha value is -2.59. The summed E-state index contributed by atoms with van der Waals surface area (Å²) in [5, 5.41) is 0.616. The van der Waals surface area contributed by atoms with E-state index >= 15 is 0 Å². The summed E-state index contributed by atoms with van der Waals surface area (Å²) in [5.74, 6) is 0.180. The Kier molecular flexibility index (Phi) is 6.15. The number of rotatable bonds is 6. The lowest BCUT2D eigenvalue weighted by molar-refractivity contribution is -0.130. The molecule has 0 spiro atoms. The number of benzene rings is 2. The zero-order valence-electron chi connectivity index (χ0n) is 13.5. The van der Waals surface area contributed by atoms with Crippen LogP contribution in [0.1, 0.15) is 15.9 Å². The highest BCUT2D eigenvalue weighted by Crippen LogP contribution is 2.16. The number of amides is 1. The SMILES string of the molecule is CN(C)C(=O)COc1cccc(C(=O)/C=C/c2cccc(Cl)c2)c1. The number of ether oxygens (including phenoxy) is 1. The maximum absolute atomic E-state index is 12.3. The van der Waals surface area contributed by atoms with Gasteiger partial charge in [-0.25, -0.2) is 0 Å². The highest BCUT2D eigenvalue weighted by Gasteiger charge is 2.07. The molecule has 2 aromatic rings. The van der Waals surface area contributed by atoms with Crippen LogP contribution < -0.4 is 4.74 Å². The minimum absolute atomic E-state index is 0.0665. The maximum atomic E-state index is 12.3. The van der Waals surface area contributed by atoms with Crippen LogP contribution in [-0.2, 0) is 4.79 Å². The smallest absolute Gasteiger partial charge is 0.259 e. The van der Waals surface area contributed by atoms with E-state index in [2.05, 4.69) is 0 Å². The fourth-order valence-electron chi connectivity index (χ4n) is 1.89. The molecule has 0 aromatic heterocycles. The molecule has 124 valence electrons. The van der Waals surface area contributed by atoms with Gasteiger partial charge in [0.25, 0.3) is 5.91 Å². The van der Waals surface area contributed by atoms with Gasteiger partial charge in [-0.05, 0) is 35.9 Å². The molecule has 0 bridgehead atoms. The molecule has 0 heterocycles. The Morgan fingerprint density at radius 2 is 1.88 bits per heavy atom. The minimum Gasteiger partial charge on any atom is -0.484 e. The van der Waals surface area contributed by atoms with Crippen LogP contribution in [0.4, 0.5) is 0 Å². The maximum Gasteiger partial charge on any atom is 0.259 e. The second-order valence-corrected chi connectivity index (χ2v) is 5.79. The standard InChI is InChI=1S/C19H18ClNO3/c1-21(2)19(23)13-24-17-8-4-6-15(12-17)18(22)10-9-14-5-3-7-16(20)11-14/h3-12H,13H2,1-2H3/b10-9+. The summed E-state index contributed by atoms with van der Waals surface area (Å²) in [5.41, 5.74) is 1.34. The molecule has 0 aliphatic rings. The quantitative estimate of drug-likeness (QED) is 0.593. The first-order valence-electron chi connectivity index (χ1n) is 7.37. The third-order valence-electron chi connectivity index (χ3n) is 3.26. The van der Waals surface area contributed by atoms with Gasteiger partial charge >= 0.3 is 0 Å². The van der Waals surface area contributed by atoms with Gasteiger partial charge in [0.2, 0.25) is 0 Å². The van der Waals surface area contributed by atoms with Crippen molar-refractivity contribution in [2.24, 2.45) is 0 Å². The van der Waals surface area contributed by atoms with Crippen molar-refractivity contribution in [1.82, 2.24) is 4.90 Å². The van der Waals surface area contributed by atoms with Crippen LogP contribution in [0.5, 0.6) is 5.75 Å². The lowest BCUT2D eigenvalue weighted by Crippen LogP contribution is -2.27. The lowest BCUT2D eigenvalue weighted by atomic mass is 10.1. The normalized spacial score (nSPS) is 10.6. The van der Waals surface area contributed by atoms with Crippen molar-refractivity contribution in [3.05, 3.63) is 70.8 Å². The zero-order chi connectivity index (χ0) is 17.5. The van der Waals surface area contributed by atoms with Crippen LogP contribution in [0.3, 0.4) is 0 Å². The number of likely N-dealkylation sites (N-methyl/N-ethyl adjacent to an activating group) is 1. The zero-order valence-corrected chi connectivity index (χ0v) is 14.3. The third kappa shape index (κ3) is 5.25. The molecule has 0 atom stereocenters. The van der Waals surface area contributed by atoms with Crippen LogP contribution in [0, 0.1) is 0 Å². The first-order valence-corrected chi connectivity index (χ1v) is 7.74.